The smallest absolute Gasteiger partial charge is 0.136 e. The van der Waals surface area contributed by atoms with Crippen molar-refractivity contribution in [3.05, 3.63) is 263 Å². The molecule has 1 heterocycles. The SMILES string of the molecule is CC(C)(C)c1ccc(N(c2ccc(C(C)(C)C)cc2)c2ccc3c4c(ccc3c2)-c2c(cc(N(c3ccc(C(C)(C)C)cc3)c3ccc(C(C)(C)C)cc3)c3c2ccc2oc5ccccc5c23)C42c3ccccc3-c3ccccc32)cc1. The van der Waals surface area contributed by atoms with Gasteiger partial charge in [-0.2, -0.15) is 0 Å². The number of furan rings is 1. The van der Waals surface area contributed by atoms with Gasteiger partial charge in [-0.1, -0.05) is 217 Å². The van der Waals surface area contributed by atoms with Gasteiger partial charge in [0.25, 0.3) is 0 Å². The topological polar surface area (TPSA) is 19.6 Å². The van der Waals surface area contributed by atoms with E-state index in [1.165, 1.54) is 88.3 Å². The Bertz CT molecular complexity index is 4350. The van der Waals surface area contributed by atoms with Crippen LogP contribution in [0.4, 0.5) is 34.1 Å². The van der Waals surface area contributed by atoms with Crippen molar-refractivity contribution in [1.29, 1.82) is 0 Å². The Labute approximate surface area is 484 Å². The average molecular weight is 1070 g/mol. The second kappa shape index (κ2) is 18.2. The van der Waals surface area contributed by atoms with Crippen LogP contribution in [0.25, 0.3) is 65.7 Å². The summed E-state index contributed by atoms with van der Waals surface area (Å²) in [6.45, 7) is 27.5. The lowest BCUT2D eigenvalue weighted by Gasteiger charge is -2.34. The molecule has 0 aliphatic heterocycles. The molecule has 0 radical (unpaired) electrons. The van der Waals surface area contributed by atoms with Gasteiger partial charge in [0.2, 0.25) is 0 Å². The maximum absolute atomic E-state index is 6.86. The minimum Gasteiger partial charge on any atom is -0.456 e. The van der Waals surface area contributed by atoms with Crippen LogP contribution in [0.1, 0.15) is 128 Å². The largest absolute Gasteiger partial charge is 0.456 e. The third kappa shape index (κ3) is 7.90. The molecule has 0 bridgehead atoms. The highest BCUT2D eigenvalue weighted by Gasteiger charge is 2.53. The van der Waals surface area contributed by atoms with Gasteiger partial charge in [0.15, 0.2) is 0 Å². The third-order valence-electron chi connectivity index (χ3n) is 18.1. The van der Waals surface area contributed by atoms with Crippen LogP contribution in [0.2, 0.25) is 0 Å². The molecule has 1 spiro atoms. The summed E-state index contributed by atoms with van der Waals surface area (Å²) in [5, 5.41) is 7.04. The molecule has 0 fully saturated rings. The van der Waals surface area contributed by atoms with Crippen molar-refractivity contribution in [2.75, 3.05) is 9.80 Å². The Kier molecular flexibility index (Phi) is 11.4. The fraction of sp³-hybridized carbons (Fsp3) is 0.215. The zero-order valence-electron chi connectivity index (χ0n) is 49.6. The van der Waals surface area contributed by atoms with Gasteiger partial charge in [0.1, 0.15) is 11.2 Å². The Balaban J connectivity index is 1.09. The standard InChI is InChI=1S/C79H72N2O/c1-75(2,3)50-26-34-54(35-27-50)80(55-36-28-51(29-37-55)76(4,5)6)58-42-44-59-49(47-58)25-43-64-71-63-45-46-70-73(62-21-15-18-24-69(62)82-70)72(63)68(48-67(71)79(74(59)64)65-22-16-13-19-60(65)61-20-14-17-23-66(61)79)81(56-38-30-52(31-39-56)77(7,8)9)57-40-32-53(33-41-57)78(10,11)12/h13-48H,1-12H3. The van der Waals surface area contributed by atoms with E-state index in [1.807, 2.05) is 0 Å². The third-order valence-corrected chi connectivity index (χ3v) is 18.1. The molecule has 3 nitrogen and oxygen atoms in total. The second-order valence-corrected chi connectivity index (χ2v) is 27.4. The van der Waals surface area contributed by atoms with E-state index in [1.54, 1.807) is 0 Å². The maximum atomic E-state index is 6.86. The van der Waals surface area contributed by atoms with Gasteiger partial charge >= 0.3 is 0 Å². The Hall–Kier alpha value is -8.66. The summed E-state index contributed by atoms with van der Waals surface area (Å²) >= 11 is 0. The lowest BCUT2D eigenvalue weighted by Crippen LogP contribution is -2.26. The van der Waals surface area contributed by atoms with Crippen LogP contribution in [-0.4, -0.2) is 0 Å². The number of anilines is 6. The molecular weight excluding hydrogens is 993 g/mol. The van der Waals surface area contributed by atoms with Crippen molar-refractivity contribution in [2.24, 2.45) is 0 Å². The van der Waals surface area contributed by atoms with Gasteiger partial charge < -0.3 is 14.2 Å². The number of hydrogen-bond acceptors (Lipinski definition) is 3. The normalized spacial score (nSPS) is 13.7. The molecule has 3 heteroatoms. The number of nitrogens with zero attached hydrogens (tertiary/aromatic N) is 2. The molecule has 0 unspecified atom stereocenters. The van der Waals surface area contributed by atoms with Crippen molar-refractivity contribution in [3.63, 3.8) is 0 Å². The fourth-order valence-corrected chi connectivity index (χ4v) is 13.8. The molecule has 2 aliphatic rings. The lowest BCUT2D eigenvalue weighted by atomic mass is 9.69. The summed E-state index contributed by atoms with van der Waals surface area (Å²) in [7, 11) is 0. The van der Waals surface area contributed by atoms with Gasteiger partial charge in [-0.15, -0.1) is 0 Å². The quantitative estimate of drug-likeness (QED) is 0.165. The molecule has 14 rings (SSSR count). The number of hydrogen-bond donors (Lipinski definition) is 0. The van der Waals surface area contributed by atoms with E-state index in [0.717, 1.165) is 56.1 Å². The van der Waals surface area contributed by atoms with Gasteiger partial charge in [-0.3, -0.25) is 0 Å². The summed E-state index contributed by atoms with van der Waals surface area (Å²) in [5.41, 5.74) is 23.3. The summed E-state index contributed by atoms with van der Waals surface area (Å²) in [4.78, 5) is 4.97. The lowest BCUT2D eigenvalue weighted by molar-refractivity contribution is 0.590. The molecule has 11 aromatic carbocycles. The maximum Gasteiger partial charge on any atom is 0.136 e. The molecule has 404 valence electrons. The zero-order chi connectivity index (χ0) is 56.8. The van der Waals surface area contributed by atoms with Crippen LogP contribution < -0.4 is 9.80 Å². The highest BCUT2D eigenvalue weighted by atomic mass is 16.3. The first kappa shape index (κ1) is 51.5. The van der Waals surface area contributed by atoms with Crippen LogP contribution in [-0.2, 0) is 27.1 Å². The van der Waals surface area contributed by atoms with Crippen LogP contribution in [0, 0.1) is 0 Å². The Morgan fingerprint density at radius 3 is 1.26 bits per heavy atom. The summed E-state index contributed by atoms with van der Waals surface area (Å²) in [6.07, 6.45) is 0. The second-order valence-electron chi connectivity index (χ2n) is 27.4. The zero-order valence-corrected chi connectivity index (χ0v) is 49.6. The molecule has 0 N–H and O–H groups in total. The van der Waals surface area contributed by atoms with Crippen LogP contribution in [0.5, 0.6) is 0 Å². The molecule has 2 aliphatic carbocycles. The minimum absolute atomic E-state index is 0.0154. The predicted molar refractivity (Wildman–Crippen MR) is 349 cm³/mol. The number of rotatable bonds is 6. The number of fused-ring (bicyclic) bond motifs is 18. The van der Waals surface area contributed by atoms with E-state index in [0.29, 0.717) is 0 Å². The fourth-order valence-electron chi connectivity index (χ4n) is 13.8. The Morgan fingerprint density at radius 2 is 0.756 bits per heavy atom. The average Bonchev–Trinajstić information content (AvgIpc) is 2.58. The first-order valence-corrected chi connectivity index (χ1v) is 29.4. The van der Waals surface area contributed by atoms with Crippen molar-refractivity contribution in [2.45, 2.75) is 110 Å². The van der Waals surface area contributed by atoms with E-state index in [-0.39, 0.29) is 21.7 Å². The van der Waals surface area contributed by atoms with Crippen LogP contribution >= 0.6 is 0 Å². The van der Waals surface area contributed by atoms with Crippen molar-refractivity contribution < 1.29 is 4.42 Å². The number of para-hydroxylation sites is 1. The van der Waals surface area contributed by atoms with E-state index in [2.05, 4.69) is 311 Å². The minimum atomic E-state index is -0.682. The molecule has 0 amide bonds. The predicted octanol–water partition coefficient (Wildman–Crippen LogP) is 22.4. The molecule has 82 heavy (non-hydrogen) atoms. The van der Waals surface area contributed by atoms with Gasteiger partial charge in [-0.05, 0) is 190 Å². The van der Waals surface area contributed by atoms with Crippen molar-refractivity contribution in [3.8, 4) is 22.3 Å². The highest BCUT2D eigenvalue weighted by molar-refractivity contribution is 6.27. The monoisotopic (exact) mass is 1060 g/mol. The Morgan fingerprint density at radius 1 is 0.317 bits per heavy atom. The van der Waals surface area contributed by atoms with Gasteiger partial charge in [0, 0.05) is 44.6 Å². The summed E-state index contributed by atoms with van der Waals surface area (Å²) in [6, 6.07) is 83.4. The summed E-state index contributed by atoms with van der Waals surface area (Å²) < 4.78 is 6.86. The van der Waals surface area contributed by atoms with Crippen molar-refractivity contribution in [1.82, 2.24) is 0 Å². The van der Waals surface area contributed by atoms with Crippen molar-refractivity contribution >= 4 is 77.6 Å². The van der Waals surface area contributed by atoms with Crippen LogP contribution in [0.3, 0.4) is 0 Å². The van der Waals surface area contributed by atoms with Gasteiger partial charge in [-0.25, -0.2) is 0 Å². The first-order chi connectivity index (χ1) is 39.2. The van der Waals surface area contributed by atoms with Gasteiger partial charge in [0.05, 0.1) is 11.1 Å². The van der Waals surface area contributed by atoms with E-state index >= 15 is 0 Å². The summed E-state index contributed by atoms with van der Waals surface area (Å²) in [5.74, 6) is 0. The molecule has 0 saturated heterocycles. The van der Waals surface area contributed by atoms with E-state index in [9.17, 15) is 0 Å². The first-order valence-electron chi connectivity index (χ1n) is 29.4. The van der Waals surface area contributed by atoms with E-state index in [4.69, 9.17) is 4.42 Å². The molecular formula is C79H72N2O. The molecule has 1 aromatic heterocycles. The van der Waals surface area contributed by atoms with Crippen LogP contribution in [0.15, 0.2) is 223 Å². The van der Waals surface area contributed by atoms with E-state index < -0.39 is 5.41 Å². The molecule has 0 saturated carbocycles. The molecule has 0 atom stereocenters. The number of benzene rings is 11. The highest BCUT2D eigenvalue weighted by Crippen LogP contribution is 2.67. The molecule has 12 aromatic rings.